The van der Waals surface area contributed by atoms with Crippen molar-refractivity contribution in [2.24, 2.45) is 5.84 Å². The highest BCUT2D eigenvalue weighted by Crippen LogP contribution is 2.09. The maximum Gasteiger partial charge on any atom is 0.251 e. The first-order chi connectivity index (χ1) is 10.2. The molecule has 2 aromatic heterocycles. The van der Waals surface area contributed by atoms with Crippen LogP contribution in [0.15, 0.2) is 30.9 Å². The van der Waals surface area contributed by atoms with Gasteiger partial charge in [-0.3, -0.25) is 4.79 Å². The first-order valence-electron chi connectivity index (χ1n) is 6.88. The molecule has 21 heavy (non-hydrogen) atoms. The van der Waals surface area contributed by atoms with Gasteiger partial charge in [-0.2, -0.15) is 0 Å². The van der Waals surface area contributed by atoms with Crippen molar-refractivity contribution in [1.82, 2.24) is 19.9 Å². The molecule has 0 atom stereocenters. The number of unbranched alkanes of at least 4 members (excludes halogenated alkanes) is 1. The Morgan fingerprint density at radius 3 is 2.95 bits per heavy atom. The quantitative estimate of drug-likeness (QED) is 0.402. The van der Waals surface area contributed by atoms with Crippen molar-refractivity contribution in [3.8, 4) is 0 Å². The molecule has 0 bridgehead atoms. The molecule has 2 aromatic rings. The summed E-state index contributed by atoms with van der Waals surface area (Å²) >= 11 is 0. The molecule has 112 valence electrons. The lowest BCUT2D eigenvalue weighted by molar-refractivity contribution is 0.0952. The molecule has 0 aromatic carbocycles. The Morgan fingerprint density at radius 2 is 2.24 bits per heavy atom. The van der Waals surface area contributed by atoms with Crippen LogP contribution in [0.25, 0.3) is 0 Å². The molecule has 0 radical (unpaired) electrons. The summed E-state index contributed by atoms with van der Waals surface area (Å²) in [6.45, 7) is 3.37. The summed E-state index contributed by atoms with van der Waals surface area (Å²) in [6.07, 6.45) is 7.38. The number of nitrogens with two attached hydrogens (primary N) is 1. The molecule has 1 amide bonds. The third-order valence-corrected chi connectivity index (χ3v) is 3.05. The van der Waals surface area contributed by atoms with Crippen LogP contribution in [0.5, 0.6) is 0 Å². The van der Waals surface area contributed by atoms with Gasteiger partial charge in [0.25, 0.3) is 5.91 Å². The lowest BCUT2D eigenvalue weighted by Crippen LogP contribution is -2.25. The first kappa shape index (κ1) is 15.0. The number of hydrogen-bond acceptors (Lipinski definition) is 5. The first-order valence-corrected chi connectivity index (χ1v) is 6.88. The van der Waals surface area contributed by atoms with Gasteiger partial charge in [-0.05, 0) is 31.9 Å². The average molecular weight is 288 g/mol. The number of nitrogens with zero attached hydrogens (tertiary/aromatic N) is 3. The van der Waals surface area contributed by atoms with Crippen LogP contribution in [0.4, 0.5) is 5.82 Å². The summed E-state index contributed by atoms with van der Waals surface area (Å²) in [5.41, 5.74) is 3.76. The van der Waals surface area contributed by atoms with Crippen LogP contribution in [-0.4, -0.2) is 27.0 Å². The zero-order valence-corrected chi connectivity index (χ0v) is 12.0. The smallest absolute Gasteiger partial charge is 0.251 e. The van der Waals surface area contributed by atoms with Gasteiger partial charge in [-0.15, -0.1) is 0 Å². The second-order valence-corrected chi connectivity index (χ2v) is 4.79. The maximum absolute atomic E-state index is 12.0. The highest BCUT2D eigenvalue weighted by molar-refractivity contribution is 5.94. The van der Waals surface area contributed by atoms with Crippen LogP contribution in [-0.2, 0) is 6.54 Å². The molecule has 0 spiro atoms. The van der Waals surface area contributed by atoms with E-state index in [-0.39, 0.29) is 5.91 Å². The Hall–Kier alpha value is -2.41. The molecule has 0 aliphatic carbocycles. The summed E-state index contributed by atoms with van der Waals surface area (Å²) in [5.74, 6) is 5.70. The van der Waals surface area contributed by atoms with E-state index in [1.54, 1.807) is 24.7 Å². The van der Waals surface area contributed by atoms with E-state index in [0.717, 1.165) is 25.1 Å². The number of hydrazine groups is 1. The van der Waals surface area contributed by atoms with E-state index < -0.39 is 0 Å². The highest BCUT2D eigenvalue weighted by Gasteiger charge is 2.07. The van der Waals surface area contributed by atoms with Crippen LogP contribution < -0.4 is 16.6 Å². The summed E-state index contributed by atoms with van der Waals surface area (Å²) in [7, 11) is 0. The average Bonchev–Trinajstić information content (AvgIpc) is 2.99. The van der Waals surface area contributed by atoms with E-state index in [1.165, 1.54) is 0 Å². The largest absolute Gasteiger partial charge is 0.352 e. The fourth-order valence-electron chi connectivity index (χ4n) is 2.02. The van der Waals surface area contributed by atoms with Crippen molar-refractivity contribution < 1.29 is 4.79 Å². The molecular weight excluding hydrogens is 268 g/mol. The number of imidazole rings is 1. The van der Waals surface area contributed by atoms with Gasteiger partial charge in [-0.25, -0.2) is 15.8 Å². The predicted octanol–water partition coefficient (Wildman–Crippen LogP) is 1.08. The normalized spacial score (nSPS) is 10.4. The Bertz CT molecular complexity index is 581. The number of anilines is 1. The minimum atomic E-state index is -0.111. The van der Waals surface area contributed by atoms with E-state index in [4.69, 9.17) is 5.84 Å². The second kappa shape index (κ2) is 7.39. The molecule has 0 unspecified atom stereocenters. The van der Waals surface area contributed by atoms with Crippen LogP contribution in [0.2, 0.25) is 0 Å². The van der Waals surface area contributed by atoms with E-state index in [1.807, 2.05) is 17.7 Å². The van der Waals surface area contributed by atoms with Gasteiger partial charge < -0.3 is 15.3 Å². The van der Waals surface area contributed by atoms with Crippen LogP contribution in [0, 0.1) is 6.92 Å². The molecule has 0 saturated carbocycles. The summed E-state index contributed by atoms with van der Waals surface area (Å²) < 4.78 is 2.02. The molecular formula is C14H20N6O. The second-order valence-electron chi connectivity index (χ2n) is 4.79. The molecule has 2 heterocycles. The van der Waals surface area contributed by atoms with Gasteiger partial charge in [0.05, 0.1) is 6.33 Å². The van der Waals surface area contributed by atoms with E-state index in [2.05, 4.69) is 20.7 Å². The standard InChI is InChI=1S/C14H20N6O/c1-11-8-12(9-13(18-11)19-15)14(21)17-4-2-3-6-20-7-5-16-10-20/h5,7-10H,2-4,6,15H2,1H3,(H,17,21)(H,18,19). The minimum absolute atomic E-state index is 0.111. The molecule has 4 N–H and O–H groups in total. The van der Waals surface area contributed by atoms with Crippen LogP contribution in [0.1, 0.15) is 28.9 Å². The van der Waals surface area contributed by atoms with E-state index in [0.29, 0.717) is 17.9 Å². The summed E-state index contributed by atoms with van der Waals surface area (Å²) in [4.78, 5) is 20.2. The van der Waals surface area contributed by atoms with Gasteiger partial charge >= 0.3 is 0 Å². The lowest BCUT2D eigenvalue weighted by atomic mass is 10.2. The van der Waals surface area contributed by atoms with Crippen LogP contribution >= 0.6 is 0 Å². The van der Waals surface area contributed by atoms with Gasteiger partial charge in [0.15, 0.2) is 0 Å². The molecule has 0 saturated heterocycles. The Labute approximate surface area is 123 Å². The van der Waals surface area contributed by atoms with E-state index in [9.17, 15) is 4.79 Å². The number of nitrogen functional groups attached to an aromatic ring is 1. The molecule has 0 fully saturated rings. The van der Waals surface area contributed by atoms with Gasteiger partial charge in [-0.1, -0.05) is 0 Å². The minimum Gasteiger partial charge on any atom is -0.352 e. The molecule has 0 aliphatic rings. The van der Waals surface area contributed by atoms with Gasteiger partial charge in [0, 0.05) is 36.7 Å². The monoisotopic (exact) mass is 288 g/mol. The number of hydrogen-bond donors (Lipinski definition) is 3. The lowest BCUT2D eigenvalue weighted by Gasteiger charge is -2.08. The Kier molecular flexibility index (Phi) is 5.28. The molecule has 7 heteroatoms. The summed E-state index contributed by atoms with van der Waals surface area (Å²) in [5, 5.41) is 2.90. The SMILES string of the molecule is Cc1cc(C(=O)NCCCCn2ccnc2)cc(NN)n1. The topological polar surface area (TPSA) is 97.9 Å². The number of aryl methyl sites for hydroxylation is 2. The van der Waals surface area contributed by atoms with E-state index >= 15 is 0 Å². The highest BCUT2D eigenvalue weighted by atomic mass is 16.1. The van der Waals surface area contributed by atoms with Crippen molar-refractivity contribution in [3.05, 3.63) is 42.1 Å². The number of pyridine rings is 1. The number of carbonyl (C=O) groups is 1. The Morgan fingerprint density at radius 1 is 1.38 bits per heavy atom. The number of nitrogens with one attached hydrogen (secondary N) is 2. The number of amides is 1. The zero-order valence-electron chi connectivity index (χ0n) is 12.0. The number of rotatable bonds is 7. The van der Waals surface area contributed by atoms with Crippen molar-refractivity contribution >= 4 is 11.7 Å². The maximum atomic E-state index is 12.0. The molecule has 0 aliphatic heterocycles. The number of carbonyl (C=O) groups excluding carboxylic acids is 1. The molecule has 7 nitrogen and oxygen atoms in total. The molecule has 2 rings (SSSR count). The summed E-state index contributed by atoms with van der Waals surface area (Å²) in [6, 6.07) is 3.37. The predicted molar refractivity (Wildman–Crippen MR) is 80.6 cm³/mol. The third kappa shape index (κ3) is 4.57. The van der Waals surface area contributed by atoms with Crippen LogP contribution in [0.3, 0.4) is 0 Å². The van der Waals surface area contributed by atoms with Crippen molar-refractivity contribution in [2.45, 2.75) is 26.3 Å². The van der Waals surface area contributed by atoms with Gasteiger partial charge in [0.1, 0.15) is 5.82 Å². The zero-order chi connectivity index (χ0) is 15.1. The van der Waals surface area contributed by atoms with Crippen molar-refractivity contribution in [1.29, 1.82) is 0 Å². The van der Waals surface area contributed by atoms with Crippen molar-refractivity contribution in [3.63, 3.8) is 0 Å². The fraction of sp³-hybridized carbons (Fsp3) is 0.357. The number of aromatic nitrogens is 3. The Balaban J connectivity index is 1.75. The fourth-order valence-corrected chi connectivity index (χ4v) is 2.02. The van der Waals surface area contributed by atoms with Gasteiger partial charge in [0.2, 0.25) is 0 Å². The van der Waals surface area contributed by atoms with Crippen molar-refractivity contribution in [2.75, 3.05) is 12.0 Å². The third-order valence-electron chi connectivity index (χ3n) is 3.05.